The number of rotatable bonds is 3. The standard InChI is InChI=1S/C21H29FN2O3/c1-14-13-24(19(26)27-20(2,3)4)11-8-17(14)23-18(25)21(9-10-21)15-6-5-7-16(22)12-15/h5-7,12,14,17H,8-11,13H2,1-4H3,(H,23,25)/t14-,17-/m1/s1. The molecule has 2 amide bonds. The van der Waals surface area contributed by atoms with Gasteiger partial charge in [-0.25, -0.2) is 9.18 Å². The van der Waals surface area contributed by atoms with Gasteiger partial charge in [0.2, 0.25) is 5.91 Å². The first-order valence-electron chi connectivity index (χ1n) is 9.66. The quantitative estimate of drug-likeness (QED) is 0.877. The van der Waals surface area contributed by atoms with Gasteiger partial charge < -0.3 is 15.0 Å². The van der Waals surface area contributed by atoms with Gasteiger partial charge in [0.1, 0.15) is 11.4 Å². The molecular formula is C21H29FN2O3. The van der Waals surface area contributed by atoms with Gasteiger partial charge in [-0.05, 0) is 63.6 Å². The van der Waals surface area contributed by atoms with Crippen molar-refractivity contribution in [3.63, 3.8) is 0 Å². The summed E-state index contributed by atoms with van der Waals surface area (Å²) < 4.78 is 19.0. The Balaban J connectivity index is 1.59. The first-order chi connectivity index (χ1) is 12.6. The van der Waals surface area contributed by atoms with E-state index in [-0.39, 0.29) is 29.8 Å². The Hall–Kier alpha value is -2.11. The van der Waals surface area contributed by atoms with Gasteiger partial charge in [0.15, 0.2) is 0 Å². The van der Waals surface area contributed by atoms with E-state index in [1.165, 1.54) is 12.1 Å². The van der Waals surface area contributed by atoms with Crippen LogP contribution in [0.1, 0.15) is 52.5 Å². The topological polar surface area (TPSA) is 58.6 Å². The summed E-state index contributed by atoms with van der Waals surface area (Å²) in [7, 11) is 0. The second kappa shape index (κ2) is 7.13. The molecule has 6 heteroatoms. The van der Waals surface area contributed by atoms with Crippen molar-refractivity contribution >= 4 is 12.0 Å². The molecule has 0 aromatic heterocycles. The number of nitrogens with zero attached hydrogens (tertiary/aromatic N) is 1. The van der Waals surface area contributed by atoms with Crippen LogP contribution in [0, 0.1) is 11.7 Å². The summed E-state index contributed by atoms with van der Waals surface area (Å²) in [6, 6.07) is 6.33. The Labute approximate surface area is 160 Å². The Morgan fingerprint density at radius 3 is 2.56 bits per heavy atom. The van der Waals surface area contributed by atoms with Crippen LogP contribution in [-0.4, -0.2) is 41.6 Å². The maximum Gasteiger partial charge on any atom is 0.410 e. The largest absolute Gasteiger partial charge is 0.444 e. The van der Waals surface area contributed by atoms with Crippen molar-refractivity contribution in [1.82, 2.24) is 10.2 Å². The van der Waals surface area contributed by atoms with E-state index in [0.29, 0.717) is 19.5 Å². The third kappa shape index (κ3) is 4.42. The van der Waals surface area contributed by atoms with Crippen LogP contribution in [0.15, 0.2) is 24.3 Å². The lowest BCUT2D eigenvalue weighted by atomic mass is 9.90. The lowest BCUT2D eigenvalue weighted by Gasteiger charge is -2.38. The first kappa shape index (κ1) is 19.6. The second-order valence-electron chi connectivity index (χ2n) is 8.86. The van der Waals surface area contributed by atoms with E-state index in [1.807, 2.05) is 33.8 Å². The molecule has 2 fully saturated rings. The zero-order chi connectivity index (χ0) is 19.8. The molecule has 2 atom stereocenters. The normalized spacial score (nSPS) is 24.3. The van der Waals surface area contributed by atoms with Crippen LogP contribution in [0.2, 0.25) is 0 Å². The molecule has 1 N–H and O–H groups in total. The van der Waals surface area contributed by atoms with Crippen LogP contribution in [0.5, 0.6) is 0 Å². The fourth-order valence-electron chi connectivity index (χ4n) is 3.72. The Morgan fingerprint density at radius 2 is 2.00 bits per heavy atom. The van der Waals surface area contributed by atoms with Gasteiger partial charge in [-0.1, -0.05) is 19.1 Å². The number of nitrogens with one attached hydrogen (secondary N) is 1. The minimum absolute atomic E-state index is 0.00206. The van der Waals surface area contributed by atoms with Crippen LogP contribution >= 0.6 is 0 Å². The number of halogens is 1. The summed E-state index contributed by atoms with van der Waals surface area (Å²) in [6.07, 6.45) is 1.87. The third-order valence-electron chi connectivity index (χ3n) is 5.44. The molecule has 1 aromatic rings. The Morgan fingerprint density at radius 1 is 1.30 bits per heavy atom. The number of hydrogen-bond donors (Lipinski definition) is 1. The molecule has 1 aliphatic heterocycles. The number of likely N-dealkylation sites (tertiary alicyclic amines) is 1. The molecule has 148 valence electrons. The summed E-state index contributed by atoms with van der Waals surface area (Å²) >= 11 is 0. The van der Waals surface area contributed by atoms with Crippen molar-refractivity contribution in [3.05, 3.63) is 35.6 Å². The van der Waals surface area contributed by atoms with Gasteiger partial charge in [0.25, 0.3) is 0 Å². The SMILES string of the molecule is C[C@@H]1CN(C(=O)OC(C)(C)C)CC[C@H]1NC(=O)C1(c2cccc(F)c2)CC1. The molecule has 3 rings (SSSR count). The molecule has 2 aliphatic rings. The van der Waals surface area contributed by atoms with Gasteiger partial charge >= 0.3 is 6.09 Å². The predicted octanol–water partition coefficient (Wildman–Crippen LogP) is 3.62. The van der Waals surface area contributed by atoms with E-state index in [1.54, 1.807) is 11.0 Å². The van der Waals surface area contributed by atoms with E-state index in [0.717, 1.165) is 18.4 Å². The first-order valence-corrected chi connectivity index (χ1v) is 9.66. The molecule has 27 heavy (non-hydrogen) atoms. The van der Waals surface area contributed by atoms with Crippen LogP contribution in [0.25, 0.3) is 0 Å². The number of ether oxygens (including phenoxy) is 1. The molecule has 0 radical (unpaired) electrons. The molecule has 1 heterocycles. The molecule has 1 saturated carbocycles. The minimum Gasteiger partial charge on any atom is -0.444 e. The highest BCUT2D eigenvalue weighted by Gasteiger charge is 2.52. The molecule has 1 saturated heterocycles. The average Bonchev–Trinajstić information content (AvgIpc) is 3.37. The smallest absolute Gasteiger partial charge is 0.410 e. The maximum atomic E-state index is 13.6. The summed E-state index contributed by atoms with van der Waals surface area (Å²) in [5.41, 5.74) is -0.363. The minimum atomic E-state index is -0.593. The van der Waals surface area contributed by atoms with Crippen LogP contribution in [0.3, 0.4) is 0 Å². The van der Waals surface area contributed by atoms with E-state index in [9.17, 15) is 14.0 Å². The van der Waals surface area contributed by atoms with Crippen LogP contribution < -0.4 is 5.32 Å². The second-order valence-corrected chi connectivity index (χ2v) is 8.86. The number of benzene rings is 1. The molecule has 0 bridgehead atoms. The predicted molar refractivity (Wildman–Crippen MR) is 101 cm³/mol. The fourth-order valence-corrected chi connectivity index (χ4v) is 3.72. The highest BCUT2D eigenvalue weighted by Crippen LogP contribution is 2.48. The zero-order valence-corrected chi connectivity index (χ0v) is 16.5. The number of carbonyl (C=O) groups is 2. The van der Waals surface area contributed by atoms with E-state index in [2.05, 4.69) is 5.32 Å². The van der Waals surface area contributed by atoms with Crippen LogP contribution in [0.4, 0.5) is 9.18 Å². The van der Waals surface area contributed by atoms with E-state index >= 15 is 0 Å². The van der Waals surface area contributed by atoms with Gasteiger partial charge in [0.05, 0.1) is 5.41 Å². The van der Waals surface area contributed by atoms with E-state index < -0.39 is 11.0 Å². The van der Waals surface area contributed by atoms with Crippen molar-refractivity contribution in [3.8, 4) is 0 Å². The van der Waals surface area contributed by atoms with Gasteiger partial charge in [0, 0.05) is 19.1 Å². The maximum absolute atomic E-state index is 13.6. The lowest BCUT2D eigenvalue weighted by Crippen LogP contribution is -2.53. The summed E-state index contributed by atoms with van der Waals surface area (Å²) in [4.78, 5) is 26.9. The van der Waals surface area contributed by atoms with Gasteiger partial charge in [-0.2, -0.15) is 0 Å². The highest BCUT2D eigenvalue weighted by atomic mass is 19.1. The van der Waals surface area contributed by atoms with Crippen molar-refractivity contribution in [2.75, 3.05) is 13.1 Å². The third-order valence-corrected chi connectivity index (χ3v) is 5.44. The number of hydrogen-bond acceptors (Lipinski definition) is 3. The van der Waals surface area contributed by atoms with Crippen LogP contribution in [-0.2, 0) is 14.9 Å². The summed E-state index contributed by atoms with van der Waals surface area (Å²) in [5, 5.41) is 3.16. The zero-order valence-electron chi connectivity index (χ0n) is 16.5. The van der Waals surface area contributed by atoms with Crippen molar-refractivity contribution in [2.24, 2.45) is 5.92 Å². The number of carbonyl (C=O) groups excluding carboxylic acids is 2. The fraction of sp³-hybridized carbons (Fsp3) is 0.619. The number of piperidine rings is 1. The Kier molecular flexibility index (Phi) is 5.19. The molecule has 0 spiro atoms. The van der Waals surface area contributed by atoms with Crippen molar-refractivity contribution in [2.45, 2.75) is 64.0 Å². The molecule has 5 nitrogen and oxygen atoms in total. The van der Waals surface area contributed by atoms with Crippen molar-refractivity contribution < 1.29 is 18.7 Å². The molecule has 1 aliphatic carbocycles. The van der Waals surface area contributed by atoms with Gasteiger partial charge in [-0.15, -0.1) is 0 Å². The molecule has 1 aromatic carbocycles. The van der Waals surface area contributed by atoms with Gasteiger partial charge in [-0.3, -0.25) is 4.79 Å². The lowest BCUT2D eigenvalue weighted by molar-refractivity contribution is -0.125. The Bertz CT molecular complexity index is 724. The average molecular weight is 376 g/mol. The van der Waals surface area contributed by atoms with E-state index in [4.69, 9.17) is 4.74 Å². The molecule has 0 unspecified atom stereocenters. The number of amides is 2. The summed E-state index contributed by atoms with van der Waals surface area (Å²) in [5.74, 6) is -0.222. The molecular weight excluding hydrogens is 347 g/mol. The summed E-state index contributed by atoms with van der Waals surface area (Å²) in [6.45, 7) is 8.68. The highest BCUT2D eigenvalue weighted by molar-refractivity contribution is 5.91. The van der Waals surface area contributed by atoms with Crippen molar-refractivity contribution in [1.29, 1.82) is 0 Å². The monoisotopic (exact) mass is 376 g/mol.